The van der Waals surface area contributed by atoms with Crippen LogP contribution in [0.1, 0.15) is 27.9 Å². The van der Waals surface area contributed by atoms with Gasteiger partial charge in [-0.05, 0) is 65.2 Å². The summed E-state index contributed by atoms with van der Waals surface area (Å²) in [5.74, 6) is -3.28. The predicted molar refractivity (Wildman–Crippen MR) is 143 cm³/mol. The van der Waals surface area contributed by atoms with E-state index in [0.29, 0.717) is 16.8 Å². The van der Waals surface area contributed by atoms with Crippen LogP contribution in [0.3, 0.4) is 0 Å². The highest BCUT2D eigenvalue weighted by Gasteiger charge is 2.34. The Morgan fingerprint density at radius 1 is 1.03 bits per heavy atom. The van der Waals surface area contributed by atoms with Crippen LogP contribution in [-0.2, 0) is 15.8 Å². The number of amides is 2. The lowest BCUT2D eigenvalue weighted by molar-refractivity contribution is -0.140. The average molecular weight is 575 g/mol. The van der Waals surface area contributed by atoms with Crippen molar-refractivity contribution >= 4 is 57.8 Å². The summed E-state index contributed by atoms with van der Waals surface area (Å²) >= 11 is 6.32. The third-order valence-corrected chi connectivity index (χ3v) is 7.02. The van der Waals surface area contributed by atoms with E-state index in [2.05, 4.69) is 5.32 Å². The van der Waals surface area contributed by atoms with Crippen LogP contribution < -0.4 is 5.32 Å². The molecule has 0 atom stereocenters. The van der Waals surface area contributed by atoms with E-state index in [-0.39, 0.29) is 33.3 Å². The minimum Gasteiger partial charge on any atom is -0.478 e. The number of thioether (sulfide) groups is 1. The van der Waals surface area contributed by atoms with Crippen LogP contribution in [0.25, 0.3) is 17.2 Å². The maximum Gasteiger partial charge on any atom is 0.419 e. The number of anilines is 1. The molecular formula is C27H18F4N2O4S2. The number of nitrogens with one attached hydrogen (secondary N) is 1. The van der Waals surface area contributed by atoms with Gasteiger partial charge in [-0.15, -0.1) is 0 Å². The summed E-state index contributed by atoms with van der Waals surface area (Å²) in [6.45, 7) is 0.0108. The summed E-state index contributed by atoms with van der Waals surface area (Å²) < 4.78 is 53.3. The lowest BCUT2D eigenvalue weighted by Crippen LogP contribution is -2.31. The van der Waals surface area contributed by atoms with Crippen LogP contribution in [0.5, 0.6) is 0 Å². The van der Waals surface area contributed by atoms with Gasteiger partial charge in [0, 0.05) is 18.7 Å². The van der Waals surface area contributed by atoms with Crippen LogP contribution >= 0.6 is 24.0 Å². The average Bonchev–Trinajstić information content (AvgIpc) is 3.14. The first kappa shape index (κ1) is 28.0. The SMILES string of the molecule is O=C(CCN1C(=O)/C(=C/c2cccc(-c3ccc(F)c(C(F)(F)F)c3)c2)SC1=S)Nc1ccc(C(=O)O)cc1. The van der Waals surface area contributed by atoms with Gasteiger partial charge in [-0.1, -0.05) is 48.2 Å². The van der Waals surface area contributed by atoms with E-state index < -0.39 is 35.3 Å². The van der Waals surface area contributed by atoms with Crippen molar-refractivity contribution in [1.82, 2.24) is 4.90 Å². The molecule has 3 aromatic rings. The standard InChI is InChI=1S/C27H18F4N2O4S2/c28-21-9-6-18(14-20(21)27(29,30)31)17-3-1-2-15(12-17)13-22-24(35)33(26(38)39-22)11-10-23(34)32-19-7-4-16(5-8-19)25(36)37/h1-9,12-14H,10-11H2,(H,32,34)(H,36,37)/b22-13-. The summed E-state index contributed by atoms with van der Waals surface area (Å²) in [7, 11) is 0. The highest BCUT2D eigenvalue weighted by Crippen LogP contribution is 2.36. The summed E-state index contributed by atoms with van der Waals surface area (Å²) in [5.41, 5.74) is 0.194. The van der Waals surface area contributed by atoms with Crippen LogP contribution in [0.2, 0.25) is 0 Å². The molecule has 6 nitrogen and oxygen atoms in total. The number of rotatable bonds is 7. The molecule has 1 heterocycles. The molecule has 1 aliphatic heterocycles. The maximum absolute atomic E-state index is 13.7. The molecule has 200 valence electrons. The van der Waals surface area contributed by atoms with Crippen molar-refractivity contribution in [3.05, 3.63) is 94.1 Å². The summed E-state index contributed by atoms with van der Waals surface area (Å²) in [6.07, 6.45) is -3.36. The summed E-state index contributed by atoms with van der Waals surface area (Å²) in [4.78, 5) is 37.7. The number of alkyl halides is 3. The fraction of sp³-hybridized carbons (Fsp3) is 0.111. The lowest BCUT2D eigenvalue weighted by Gasteiger charge is -2.14. The molecule has 1 fully saturated rings. The zero-order valence-corrected chi connectivity index (χ0v) is 21.4. The number of aromatic carboxylic acids is 1. The van der Waals surface area contributed by atoms with Gasteiger partial charge in [-0.3, -0.25) is 14.5 Å². The number of carbonyl (C=O) groups excluding carboxylic acids is 2. The Morgan fingerprint density at radius 3 is 2.38 bits per heavy atom. The number of halogens is 4. The van der Waals surface area contributed by atoms with Crippen molar-refractivity contribution in [1.29, 1.82) is 0 Å². The van der Waals surface area contributed by atoms with Crippen molar-refractivity contribution in [2.45, 2.75) is 12.6 Å². The van der Waals surface area contributed by atoms with Gasteiger partial charge in [0.25, 0.3) is 5.91 Å². The highest BCUT2D eigenvalue weighted by molar-refractivity contribution is 8.26. The molecule has 12 heteroatoms. The van der Waals surface area contributed by atoms with Gasteiger partial charge in [0.05, 0.1) is 16.0 Å². The van der Waals surface area contributed by atoms with Gasteiger partial charge in [0.1, 0.15) is 10.1 Å². The molecule has 2 N–H and O–H groups in total. The van der Waals surface area contributed by atoms with E-state index in [9.17, 15) is 31.9 Å². The molecule has 0 unspecified atom stereocenters. The second-order valence-corrected chi connectivity index (χ2v) is 10.0. The molecule has 0 aromatic heterocycles. The topological polar surface area (TPSA) is 86.7 Å². The van der Waals surface area contributed by atoms with E-state index >= 15 is 0 Å². The van der Waals surface area contributed by atoms with Crippen molar-refractivity contribution < 1.29 is 37.1 Å². The van der Waals surface area contributed by atoms with E-state index in [1.54, 1.807) is 30.3 Å². The Hall–Kier alpha value is -4.03. The van der Waals surface area contributed by atoms with Crippen molar-refractivity contribution in [2.75, 3.05) is 11.9 Å². The quantitative estimate of drug-likeness (QED) is 0.192. The first-order valence-electron chi connectivity index (χ1n) is 11.3. The van der Waals surface area contributed by atoms with Crippen LogP contribution in [0.15, 0.2) is 71.6 Å². The molecule has 0 saturated carbocycles. The Labute approximate surface area is 229 Å². The third-order valence-electron chi connectivity index (χ3n) is 5.64. The fourth-order valence-electron chi connectivity index (χ4n) is 3.71. The van der Waals surface area contributed by atoms with Gasteiger partial charge >= 0.3 is 12.1 Å². The molecule has 0 aliphatic carbocycles. The van der Waals surface area contributed by atoms with Crippen LogP contribution in [0, 0.1) is 5.82 Å². The highest BCUT2D eigenvalue weighted by atomic mass is 32.2. The number of thiocarbonyl (C=S) groups is 1. The fourth-order valence-corrected chi connectivity index (χ4v) is 5.02. The number of nitrogens with zero attached hydrogens (tertiary/aromatic N) is 1. The smallest absolute Gasteiger partial charge is 0.419 e. The minimum absolute atomic E-state index is 0.0108. The van der Waals surface area contributed by atoms with Crippen molar-refractivity contribution in [2.24, 2.45) is 0 Å². The Kier molecular flexibility index (Phi) is 8.17. The number of benzene rings is 3. The van der Waals surface area contributed by atoms with Gasteiger partial charge in [-0.25, -0.2) is 9.18 Å². The molecule has 39 heavy (non-hydrogen) atoms. The largest absolute Gasteiger partial charge is 0.478 e. The van der Waals surface area contributed by atoms with E-state index in [1.807, 2.05) is 0 Å². The second kappa shape index (κ2) is 11.4. The molecule has 1 saturated heterocycles. The van der Waals surface area contributed by atoms with Gasteiger partial charge < -0.3 is 10.4 Å². The van der Waals surface area contributed by atoms with Crippen LogP contribution in [-0.4, -0.2) is 38.7 Å². The van der Waals surface area contributed by atoms with Gasteiger partial charge in [0.15, 0.2) is 0 Å². The van der Waals surface area contributed by atoms with Gasteiger partial charge in [-0.2, -0.15) is 13.2 Å². The van der Waals surface area contributed by atoms with E-state index in [0.717, 1.165) is 23.9 Å². The maximum atomic E-state index is 13.7. The van der Waals surface area contributed by atoms with Crippen molar-refractivity contribution in [3.63, 3.8) is 0 Å². The first-order chi connectivity index (χ1) is 18.4. The third kappa shape index (κ3) is 6.70. The molecule has 2 amide bonds. The minimum atomic E-state index is -4.84. The number of carboxylic acids is 1. The van der Waals surface area contributed by atoms with Crippen LogP contribution in [0.4, 0.5) is 23.2 Å². The zero-order chi connectivity index (χ0) is 28.3. The summed E-state index contributed by atoms with van der Waals surface area (Å²) in [6, 6.07) is 14.8. The molecule has 4 rings (SSSR count). The summed E-state index contributed by atoms with van der Waals surface area (Å²) in [5, 5.41) is 11.6. The van der Waals surface area contributed by atoms with Gasteiger partial charge in [0.2, 0.25) is 5.91 Å². The molecule has 0 bridgehead atoms. The zero-order valence-electron chi connectivity index (χ0n) is 19.8. The van der Waals surface area contributed by atoms with E-state index in [4.69, 9.17) is 17.3 Å². The number of carbonyl (C=O) groups is 3. The Morgan fingerprint density at radius 2 is 1.72 bits per heavy atom. The second-order valence-electron chi connectivity index (χ2n) is 8.33. The first-order valence-corrected chi connectivity index (χ1v) is 12.5. The van der Waals surface area contributed by atoms with Crippen molar-refractivity contribution in [3.8, 4) is 11.1 Å². The molecule has 3 aromatic carbocycles. The number of hydrogen-bond donors (Lipinski definition) is 2. The Bertz CT molecular complexity index is 1500. The number of carboxylic acid groups (broad SMARTS) is 1. The number of hydrogen-bond acceptors (Lipinski definition) is 5. The molecular weight excluding hydrogens is 556 g/mol. The lowest BCUT2D eigenvalue weighted by atomic mass is 10.0. The monoisotopic (exact) mass is 574 g/mol. The van der Waals surface area contributed by atoms with E-state index in [1.165, 1.54) is 35.2 Å². The Balaban J connectivity index is 1.43. The molecule has 0 radical (unpaired) electrons. The predicted octanol–water partition coefficient (Wildman–Crippen LogP) is 6.44. The normalized spacial score (nSPS) is 14.7. The molecule has 0 spiro atoms. The molecule has 1 aliphatic rings.